The highest BCUT2D eigenvalue weighted by Crippen LogP contribution is 2.33. The first-order chi connectivity index (χ1) is 14.2. The first-order valence-corrected chi connectivity index (χ1v) is 10.9. The second-order valence-electron chi connectivity index (χ2n) is 8.47. The summed E-state index contributed by atoms with van der Waals surface area (Å²) in [6.45, 7) is 1.92. The molecule has 2 aromatic heterocycles. The van der Waals surface area contributed by atoms with Crippen molar-refractivity contribution in [1.29, 1.82) is 0 Å². The number of carboxylic acid groups (broad SMARTS) is 1. The Labute approximate surface area is 172 Å². The maximum Gasteiger partial charge on any atom is 0.305 e. The smallest absolute Gasteiger partial charge is 0.305 e. The van der Waals surface area contributed by atoms with Gasteiger partial charge in [-0.25, -0.2) is 9.97 Å². The largest absolute Gasteiger partial charge is 0.481 e. The number of fused-ring (bicyclic) bond motifs is 1. The van der Waals surface area contributed by atoms with Gasteiger partial charge in [-0.1, -0.05) is 12.5 Å². The van der Waals surface area contributed by atoms with Crippen molar-refractivity contribution in [2.75, 3.05) is 13.1 Å². The van der Waals surface area contributed by atoms with Crippen LogP contribution in [-0.4, -0.2) is 44.0 Å². The van der Waals surface area contributed by atoms with E-state index in [1.165, 1.54) is 61.8 Å². The first-order valence-electron chi connectivity index (χ1n) is 10.9. The number of hydrogen-bond donors (Lipinski definition) is 1. The standard InChI is InChI=1S/C23H30N4O2/c28-23(29)11-22(19-12-24-16-25-13-19)27-14-17(15-27)5-1-3-7-20-10-9-18-6-2-4-8-21(18)26-20/h9-10,12-13,16-17,22H,1-8,11,14-15H2,(H,28,29)/t22-/m0/s1. The molecule has 1 saturated heterocycles. The number of carbonyl (C=O) groups is 1. The van der Waals surface area contributed by atoms with E-state index < -0.39 is 5.97 Å². The molecule has 0 saturated carbocycles. The minimum Gasteiger partial charge on any atom is -0.481 e. The summed E-state index contributed by atoms with van der Waals surface area (Å²) in [4.78, 5) is 26.5. The number of pyridine rings is 1. The molecule has 3 heterocycles. The second kappa shape index (κ2) is 9.44. The first kappa shape index (κ1) is 20.0. The highest BCUT2D eigenvalue weighted by atomic mass is 16.4. The number of likely N-dealkylation sites (tertiary alicyclic amines) is 1. The SMILES string of the molecule is O=C(O)C[C@@H](c1cncnc1)N1CC(CCCCc2ccc3c(n2)CCCC3)C1. The molecular weight excluding hydrogens is 364 g/mol. The van der Waals surface area contributed by atoms with Gasteiger partial charge in [-0.3, -0.25) is 14.7 Å². The average molecular weight is 395 g/mol. The molecule has 154 valence electrons. The van der Waals surface area contributed by atoms with Crippen LogP contribution in [0.25, 0.3) is 0 Å². The Kier molecular flexibility index (Phi) is 6.49. The topological polar surface area (TPSA) is 79.2 Å². The van der Waals surface area contributed by atoms with Crippen LogP contribution in [0.15, 0.2) is 30.9 Å². The van der Waals surface area contributed by atoms with Crippen molar-refractivity contribution in [2.45, 2.75) is 63.8 Å². The maximum absolute atomic E-state index is 11.3. The molecule has 0 aromatic carbocycles. The zero-order chi connectivity index (χ0) is 20.1. The summed E-state index contributed by atoms with van der Waals surface area (Å²) in [5, 5.41) is 9.26. The van der Waals surface area contributed by atoms with Gasteiger partial charge < -0.3 is 5.11 Å². The lowest BCUT2D eigenvalue weighted by Crippen LogP contribution is -2.48. The summed E-state index contributed by atoms with van der Waals surface area (Å²) in [7, 11) is 0. The van der Waals surface area contributed by atoms with Gasteiger partial charge in [-0.05, 0) is 62.5 Å². The van der Waals surface area contributed by atoms with Gasteiger partial charge in [-0.15, -0.1) is 0 Å². The third-order valence-corrected chi connectivity index (χ3v) is 6.29. The fraction of sp³-hybridized carbons (Fsp3) is 0.565. The molecule has 4 rings (SSSR count). The van der Waals surface area contributed by atoms with Crippen molar-refractivity contribution < 1.29 is 9.90 Å². The van der Waals surface area contributed by atoms with E-state index in [0.29, 0.717) is 5.92 Å². The fourth-order valence-electron chi connectivity index (χ4n) is 4.66. The van der Waals surface area contributed by atoms with E-state index in [9.17, 15) is 9.90 Å². The lowest BCUT2D eigenvalue weighted by molar-refractivity contribution is -0.139. The summed E-state index contributed by atoms with van der Waals surface area (Å²) in [5.74, 6) is -0.118. The number of aromatic nitrogens is 3. The molecule has 2 aromatic rings. The van der Waals surface area contributed by atoms with Crippen molar-refractivity contribution in [3.63, 3.8) is 0 Å². The Hall–Kier alpha value is -2.34. The minimum atomic E-state index is -0.778. The Balaban J connectivity index is 1.20. The van der Waals surface area contributed by atoms with Crippen LogP contribution in [0.4, 0.5) is 0 Å². The number of aryl methyl sites for hydroxylation is 3. The quantitative estimate of drug-likeness (QED) is 0.655. The van der Waals surface area contributed by atoms with Crippen molar-refractivity contribution in [2.24, 2.45) is 5.92 Å². The highest BCUT2D eigenvalue weighted by Gasteiger charge is 2.34. The monoisotopic (exact) mass is 394 g/mol. The van der Waals surface area contributed by atoms with Crippen LogP contribution in [0.1, 0.15) is 67.1 Å². The summed E-state index contributed by atoms with van der Waals surface area (Å²) < 4.78 is 0. The Morgan fingerprint density at radius 2 is 1.93 bits per heavy atom. The molecule has 0 unspecified atom stereocenters. The summed E-state index contributed by atoms with van der Waals surface area (Å²) >= 11 is 0. The number of rotatable bonds is 9. The van der Waals surface area contributed by atoms with Crippen LogP contribution in [0.5, 0.6) is 0 Å². The number of carboxylic acids is 1. The minimum absolute atomic E-state index is 0.101. The van der Waals surface area contributed by atoms with Gasteiger partial charge in [0.1, 0.15) is 6.33 Å². The molecule has 6 heteroatoms. The van der Waals surface area contributed by atoms with Gasteiger partial charge in [0.15, 0.2) is 0 Å². The average Bonchev–Trinajstić information content (AvgIpc) is 2.71. The lowest BCUT2D eigenvalue weighted by atomic mass is 9.89. The van der Waals surface area contributed by atoms with Gasteiger partial charge in [0.2, 0.25) is 0 Å². The zero-order valence-corrected chi connectivity index (χ0v) is 17.0. The molecular formula is C23H30N4O2. The molecule has 1 aliphatic heterocycles. The van der Waals surface area contributed by atoms with Crippen LogP contribution < -0.4 is 0 Å². The van der Waals surface area contributed by atoms with Crippen LogP contribution in [-0.2, 0) is 24.1 Å². The lowest BCUT2D eigenvalue weighted by Gasteiger charge is -2.44. The summed E-state index contributed by atoms with van der Waals surface area (Å²) in [6.07, 6.45) is 14.6. The van der Waals surface area contributed by atoms with E-state index in [4.69, 9.17) is 4.98 Å². The van der Waals surface area contributed by atoms with E-state index in [1.807, 2.05) is 0 Å². The molecule has 0 bridgehead atoms. The molecule has 6 nitrogen and oxygen atoms in total. The molecule has 29 heavy (non-hydrogen) atoms. The molecule has 1 N–H and O–H groups in total. The number of aliphatic carboxylic acids is 1. The van der Waals surface area contributed by atoms with E-state index in [-0.39, 0.29) is 12.5 Å². The predicted octanol–water partition coefficient (Wildman–Crippen LogP) is 3.61. The van der Waals surface area contributed by atoms with E-state index >= 15 is 0 Å². The third-order valence-electron chi connectivity index (χ3n) is 6.29. The van der Waals surface area contributed by atoms with Gasteiger partial charge in [-0.2, -0.15) is 0 Å². The number of unbranched alkanes of at least 4 members (excludes halogenated alkanes) is 1. The predicted molar refractivity (Wildman–Crippen MR) is 111 cm³/mol. The van der Waals surface area contributed by atoms with Gasteiger partial charge >= 0.3 is 5.97 Å². The molecule has 0 amide bonds. The van der Waals surface area contributed by atoms with Gasteiger partial charge in [0.25, 0.3) is 0 Å². The Morgan fingerprint density at radius 1 is 1.14 bits per heavy atom. The van der Waals surface area contributed by atoms with Gasteiger partial charge in [0, 0.05) is 48.5 Å². The molecule has 2 aliphatic rings. The van der Waals surface area contributed by atoms with Crippen LogP contribution in [0, 0.1) is 5.92 Å². The Bertz CT molecular complexity index is 821. The van der Waals surface area contributed by atoms with Crippen molar-refractivity contribution in [1.82, 2.24) is 19.9 Å². The van der Waals surface area contributed by atoms with E-state index in [0.717, 1.165) is 31.5 Å². The van der Waals surface area contributed by atoms with Crippen molar-refractivity contribution >= 4 is 5.97 Å². The Morgan fingerprint density at radius 3 is 2.72 bits per heavy atom. The summed E-state index contributed by atoms with van der Waals surface area (Å²) in [6, 6.07) is 4.38. The normalized spacial score (nSPS) is 18.1. The third kappa shape index (κ3) is 5.18. The second-order valence-corrected chi connectivity index (χ2v) is 8.47. The fourth-order valence-corrected chi connectivity index (χ4v) is 4.66. The number of nitrogens with zero attached hydrogens (tertiary/aromatic N) is 4. The highest BCUT2D eigenvalue weighted by molar-refractivity contribution is 5.67. The van der Waals surface area contributed by atoms with Crippen molar-refractivity contribution in [3.8, 4) is 0 Å². The van der Waals surface area contributed by atoms with Crippen LogP contribution in [0.3, 0.4) is 0 Å². The zero-order valence-electron chi connectivity index (χ0n) is 17.0. The van der Waals surface area contributed by atoms with Crippen molar-refractivity contribution in [3.05, 3.63) is 53.4 Å². The molecule has 0 spiro atoms. The molecule has 1 fully saturated rings. The molecule has 1 atom stereocenters. The van der Waals surface area contributed by atoms with E-state index in [1.54, 1.807) is 12.4 Å². The number of hydrogen-bond acceptors (Lipinski definition) is 5. The maximum atomic E-state index is 11.3. The van der Waals surface area contributed by atoms with E-state index in [2.05, 4.69) is 27.0 Å². The summed E-state index contributed by atoms with van der Waals surface area (Å²) in [5.41, 5.74) is 4.92. The van der Waals surface area contributed by atoms with Crippen LogP contribution in [0.2, 0.25) is 0 Å². The van der Waals surface area contributed by atoms with Gasteiger partial charge in [0.05, 0.1) is 6.42 Å². The van der Waals surface area contributed by atoms with Crippen LogP contribution >= 0.6 is 0 Å². The molecule has 1 aliphatic carbocycles. The molecule has 0 radical (unpaired) electrons.